The molecule has 0 fully saturated rings. The van der Waals surface area contributed by atoms with Crippen LogP contribution in [-0.2, 0) is 14.6 Å². The van der Waals surface area contributed by atoms with E-state index in [0.717, 1.165) is 6.07 Å². The highest BCUT2D eigenvalue weighted by atomic mass is 32.2. The standard InChI is InChI=1S/C20H17FN2O5S/c1-27-13-28-15-8-9-18(17(21)12-15)23-20(24)14-5-4-6-16(11-14)29(25,26)19-7-2-3-10-22-19/h2-12H,13H2,1H3,(H,23,24). The first kappa shape index (κ1) is 20.4. The monoisotopic (exact) mass is 416 g/mol. The fraction of sp³-hybridized carbons (Fsp3) is 0.100. The molecule has 0 atom stereocenters. The van der Waals surface area contributed by atoms with Crippen LogP contribution in [0.3, 0.4) is 0 Å². The van der Waals surface area contributed by atoms with Gasteiger partial charge < -0.3 is 14.8 Å². The number of amides is 1. The number of methoxy groups -OCH3 is 1. The molecule has 0 saturated carbocycles. The summed E-state index contributed by atoms with van der Waals surface area (Å²) in [5, 5.41) is 2.29. The Kier molecular flexibility index (Phi) is 6.20. The van der Waals surface area contributed by atoms with Crippen LogP contribution >= 0.6 is 0 Å². The van der Waals surface area contributed by atoms with Gasteiger partial charge in [-0.1, -0.05) is 12.1 Å². The molecule has 0 spiro atoms. The molecule has 7 nitrogen and oxygen atoms in total. The summed E-state index contributed by atoms with van der Waals surface area (Å²) in [4.78, 5) is 16.3. The number of hydrogen-bond donors (Lipinski definition) is 1. The van der Waals surface area contributed by atoms with Crippen molar-refractivity contribution in [3.05, 3.63) is 78.2 Å². The summed E-state index contributed by atoms with van der Waals surface area (Å²) in [7, 11) is -2.45. The van der Waals surface area contributed by atoms with Gasteiger partial charge in [0.1, 0.15) is 11.6 Å². The molecule has 1 N–H and O–H groups in total. The Morgan fingerprint density at radius 2 is 1.93 bits per heavy atom. The number of nitrogens with zero attached hydrogens (tertiary/aromatic N) is 1. The Hall–Kier alpha value is -3.30. The van der Waals surface area contributed by atoms with Crippen LogP contribution in [0.5, 0.6) is 5.75 Å². The van der Waals surface area contributed by atoms with Crippen LogP contribution in [-0.4, -0.2) is 33.2 Å². The lowest BCUT2D eigenvalue weighted by Gasteiger charge is -2.10. The maximum atomic E-state index is 14.2. The maximum absolute atomic E-state index is 14.2. The molecule has 0 aliphatic carbocycles. The predicted molar refractivity (Wildman–Crippen MR) is 103 cm³/mol. The van der Waals surface area contributed by atoms with Gasteiger partial charge in [-0.25, -0.2) is 17.8 Å². The quantitative estimate of drug-likeness (QED) is 0.594. The number of carbonyl (C=O) groups is 1. The van der Waals surface area contributed by atoms with Crippen molar-refractivity contribution in [3.63, 3.8) is 0 Å². The SMILES string of the molecule is COCOc1ccc(NC(=O)c2cccc(S(=O)(=O)c3ccccn3)c2)c(F)c1. The van der Waals surface area contributed by atoms with Gasteiger partial charge in [-0.15, -0.1) is 0 Å². The van der Waals surface area contributed by atoms with Crippen LogP contribution in [0.4, 0.5) is 10.1 Å². The molecule has 29 heavy (non-hydrogen) atoms. The smallest absolute Gasteiger partial charge is 0.255 e. The first-order valence-corrected chi connectivity index (χ1v) is 9.89. The number of sulfone groups is 1. The van der Waals surface area contributed by atoms with Gasteiger partial charge in [-0.2, -0.15) is 0 Å². The summed E-state index contributed by atoms with van der Waals surface area (Å²) >= 11 is 0. The molecule has 0 unspecified atom stereocenters. The molecule has 0 bridgehead atoms. The molecule has 3 aromatic rings. The number of hydrogen-bond acceptors (Lipinski definition) is 6. The number of carbonyl (C=O) groups excluding carboxylic acids is 1. The summed E-state index contributed by atoms with van der Waals surface area (Å²) < 4.78 is 49.4. The van der Waals surface area contributed by atoms with E-state index in [2.05, 4.69) is 10.3 Å². The van der Waals surface area contributed by atoms with Gasteiger partial charge in [-0.05, 0) is 42.5 Å². The second-order valence-electron chi connectivity index (χ2n) is 5.85. The van der Waals surface area contributed by atoms with Crippen LogP contribution in [0.2, 0.25) is 0 Å². The summed E-state index contributed by atoms with van der Waals surface area (Å²) in [6.07, 6.45) is 1.37. The number of halogens is 1. The molecule has 1 amide bonds. The van der Waals surface area contributed by atoms with Gasteiger partial charge in [0, 0.05) is 24.9 Å². The topological polar surface area (TPSA) is 94.6 Å². The van der Waals surface area contributed by atoms with Crippen molar-refractivity contribution in [2.75, 3.05) is 19.2 Å². The number of nitrogens with one attached hydrogen (secondary N) is 1. The average molecular weight is 416 g/mol. The van der Waals surface area contributed by atoms with Gasteiger partial charge in [0.2, 0.25) is 9.84 Å². The van der Waals surface area contributed by atoms with E-state index in [4.69, 9.17) is 9.47 Å². The van der Waals surface area contributed by atoms with Gasteiger partial charge in [-0.3, -0.25) is 4.79 Å². The maximum Gasteiger partial charge on any atom is 0.255 e. The van der Waals surface area contributed by atoms with Crippen molar-refractivity contribution in [1.82, 2.24) is 4.98 Å². The van der Waals surface area contributed by atoms with Crippen molar-refractivity contribution < 1.29 is 27.1 Å². The number of anilines is 1. The van der Waals surface area contributed by atoms with Crippen molar-refractivity contribution in [3.8, 4) is 5.75 Å². The summed E-state index contributed by atoms with van der Waals surface area (Å²) in [5.74, 6) is -1.12. The number of rotatable bonds is 7. The molecule has 0 aliphatic heterocycles. The van der Waals surface area contributed by atoms with E-state index < -0.39 is 21.6 Å². The van der Waals surface area contributed by atoms with Crippen LogP contribution in [0.25, 0.3) is 0 Å². The first-order chi connectivity index (χ1) is 13.9. The molecule has 0 saturated heterocycles. The predicted octanol–water partition coefficient (Wildman–Crippen LogP) is 3.29. The minimum atomic E-state index is -3.88. The van der Waals surface area contributed by atoms with Crippen LogP contribution in [0, 0.1) is 5.82 Å². The van der Waals surface area contributed by atoms with Gasteiger partial charge >= 0.3 is 0 Å². The van der Waals surface area contributed by atoms with Crippen LogP contribution in [0.15, 0.2) is 76.8 Å². The number of pyridine rings is 1. The lowest BCUT2D eigenvalue weighted by Crippen LogP contribution is -2.14. The minimum absolute atomic E-state index is 0.0390. The third-order valence-electron chi connectivity index (χ3n) is 3.85. The Morgan fingerprint density at radius 1 is 1.10 bits per heavy atom. The van der Waals surface area contributed by atoms with E-state index in [1.54, 1.807) is 12.1 Å². The highest BCUT2D eigenvalue weighted by Gasteiger charge is 2.20. The fourth-order valence-electron chi connectivity index (χ4n) is 2.44. The Bertz CT molecular complexity index is 1120. The molecule has 9 heteroatoms. The second-order valence-corrected chi connectivity index (χ2v) is 7.74. The summed E-state index contributed by atoms with van der Waals surface area (Å²) in [6.45, 7) is -0.0390. The molecule has 2 aromatic carbocycles. The van der Waals surface area contributed by atoms with E-state index >= 15 is 0 Å². The van der Waals surface area contributed by atoms with E-state index in [1.165, 1.54) is 55.8 Å². The zero-order valence-electron chi connectivity index (χ0n) is 15.3. The third-order valence-corrected chi connectivity index (χ3v) is 5.52. The average Bonchev–Trinajstić information content (AvgIpc) is 2.74. The zero-order chi connectivity index (χ0) is 20.9. The van der Waals surface area contributed by atoms with Crippen molar-refractivity contribution in [2.24, 2.45) is 0 Å². The van der Waals surface area contributed by atoms with Crippen LogP contribution in [0.1, 0.15) is 10.4 Å². The lowest BCUT2D eigenvalue weighted by molar-refractivity contribution is 0.0509. The van der Waals surface area contributed by atoms with Gasteiger partial charge in [0.05, 0.1) is 10.6 Å². The fourth-order valence-corrected chi connectivity index (χ4v) is 3.68. The van der Waals surface area contributed by atoms with Gasteiger partial charge in [0.25, 0.3) is 5.91 Å². The Labute approximate surface area is 167 Å². The lowest BCUT2D eigenvalue weighted by atomic mass is 10.2. The molecule has 150 valence electrons. The molecule has 1 aromatic heterocycles. The van der Waals surface area contributed by atoms with E-state index in [-0.39, 0.29) is 33.7 Å². The normalized spacial score (nSPS) is 11.1. The Balaban J connectivity index is 1.82. The van der Waals surface area contributed by atoms with Crippen molar-refractivity contribution >= 4 is 21.4 Å². The molecular weight excluding hydrogens is 399 g/mol. The molecule has 3 rings (SSSR count). The molecular formula is C20H17FN2O5S. The molecule has 1 heterocycles. The van der Waals surface area contributed by atoms with E-state index in [9.17, 15) is 17.6 Å². The highest BCUT2D eigenvalue weighted by molar-refractivity contribution is 7.91. The largest absolute Gasteiger partial charge is 0.467 e. The van der Waals surface area contributed by atoms with Crippen LogP contribution < -0.4 is 10.1 Å². The number of ether oxygens (including phenoxy) is 2. The summed E-state index contributed by atoms with van der Waals surface area (Å²) in [6, 6.07) is 13.9. The molecule has 0 aliphatic rings. The van der Waals surface area contributed by atoms with E-state index in [1.807, 2.05) is 0 Å². The van der Waals surface area contributed by atoms with Gasteiger partial charge in [0.15, 0.2) is 11.8 Å². The highest BCUT2D eigenvalue weighted by Crippen LogP contribution is 2.23. The first-order valence-electron chi connectivity index (χ1n) is 8.40. The van der Waals surface area contributed by atoms with E-state index in [0.29, 0.717) is 0 Å². The van der Waals surface area contributed by atoms with Crippen molar-refractivity contribution in [2.45, 2.75) is 9.92 Å². The molecule has 0 radical (unpaired) electrons. The minimum Gasteiger partial charge on any atom is -0.467 e. The number of benzene rings is 2. The third kappa shape index (κ3) is 4.76. The van der Waals surface area contributed by atoms with Crippen molar-refractivity contribution in [1.29, 1.82) is 0 Å². The summed E-state index contributed by atoms with van der Waals surface area (Å²) in [5.41, 5.74) is -0.0149. The second kappa shape index (κ2) is 8.80. The Morgan fingerprint density at radius 3 is 2.62 bits per heavy atom. The zero-order valence-corrected chi connectivity index (χ0v) is 16.1. The number of aromatic nitrogens is 1.